The van der Waals surface area contributed by atoms with E-state index in [-0.39, 0.29) is 5.91 Å². The van der Waals surface area contributed by atoms with E-state index < -0.39 is 0 Å². The first-order valence-electron chi connectivity index (χ1n) is 10.1. The molecule has 0 aliphatic carbocycles. The van der Waals surface area contributed by atoms with Gasteiger partial charge in [-0.2, -0.15) is 0 Å². The molecule has 0 unspecified atom stereocenters. The third-order valence-electron chi connectivity index (χ3n) is 5.18. The van der Waals surface area contributed by atoms with Crippen LogP contribution in [0.2, 0.25) is 0 Å². The fourth-order valence-corrected chi connectivity index (χ4v) is 4.31. The average molecular weight is 432 g/mol. The second-order valence-electron chi connectivity index (χ2n) is 7.49. The van der Waals surface area contributed by atoms with Crippen molar-refractivity contribution in [1.29, 1.82) is 0 Å². The first kappa shape index (κ1) is 19.6. The normalized spacial score (nSPS) is 13.7. The number of hydrogen-bond acceptors (Lipinski definition) is 7. The van der Waals surface area contributed by atoms with Gasteiger partial charge in [0.1, 0.15) is 22.3 Å². The minimum absolute atomic E-state index is 0.107. The number of thiazole rings is 1. The highest BCUT2D eigenvalue weighted by Crippen LogP contribution is 2.27. The number of carbonyl (C=O) groups is 1. The Labute approximate surface area is 183 Å². The van der Waals surface area contributed by atoms with Crippen molar-refractivity contribution in [2.45, 2.75) is 19.9 Å². The van der Waals surface area contributed by atoms with Crippen molar-refractivity contribution in [2.24, 2.45) is 0 Å². The molecular formula is C23H21N5O2S. The van der Waals surface area contributed by atoms with Crippen LogP contribution < -0.4 is 5.32 Å². The van der Waals surface area contributed by atoms with Crippen molar-refractivity contribution >= 4 is 23.1 Å². The van der Waals surface area contributed by atoms with Crippen molar-refractivity contribution in [2.75, 3.05) is 18.4 Å². The molecule has 5 rings (SSSR count). The van der Waals surface area contributed by atoms with Gasteiger partial charge in [0.15, 0.2) is 11.6 Å². The lowest BCUT2D eigenvalue weighted by Gasteiger charge is -2.28. The molecular weight excluding hydrogens is 410 g/mol. The van der Waals surface area contributed by atoms with Gasteiger partial charge < -0.3 is 9.73 Å². The molecule has 1 N–H and O–H groups in total. The number of nitrogens with zero attached hydrogens (tertiary/aromatic N) is 4. The zero-order valence-corrected chi connectivity index (χ0v) is 17.9. The molecule has 0 spiro atoms. The lowest BCUT2D eigenvalue weighted by molar-refractivity contribution is -0.117. The summed E-state index contributed by atoms with van der Waals surface area (Å²) in [6.45, 7) is 3.80. The molecule has 7 nitrogen and oxygen atoms in total. The maximum atomic E-state index is 12.8. The number of aryl methyl sites for hydroxylation is 1. The van der Waals surface area contributed by atoms with E-state index in [1.54, 1.807) is 12.3 Å². The summed E-state index contributed by atoms with van der Waals surface area (Å²) < 4.78 is 5.69. The molecule has 8 heteroatoms. The van der Waals surface area contributed by atoms with Crippen LogP contribution in [0.3, 0.4) is 0 Å². The van der Waals surface area contributed by atoms with Crippen LogP contribution in [0.1, 0.15) is 16.9 Å². The molecule has 0 fully saturated rings. The minimum Gasteiger partial charge on any atom is -0.458 e. The van der Waals surface area contributed by atoms with Gasteiger partial charge in [-0.15, -0.1) is 11.3 Å². The maximum Gasteiger partial charge on any atom is 0.239 e. The first-order chi connectivity index (χ1) is 15.1. The molecule has 0 radical (unpaired) electrons. The Morgan fingerprint density at radius 3 is 2.84 bits per heavy atom. The predicted octanol–water partition coefficient (Wildman–Crippen LogP) is 4.17. The third kappa shape index (κ3) is 4.40. The van der Waals surface area contributed by atoms with Crippen molar-refractivity contribution < 1.29 is 9.21 Å². The summed E-state index contributed by atoms with van der Waals surface area (Å²) in [5, 5.41) is 5.58. The monoisotopic (exact) mass is 431 g/mol. The number of anilines is 1. The Morgan fingerprint density at radius 2 is 2.06 bits per heavy atom. The van der Waals surface area contributed by atoms with Crippen LogP contribution in [0.4, 0.5) is 5.82 Å². The topological polar surface area (TPSA) is 84.2 Å². The maximum absolute atomic E-state index is 12.8. The number of amides is 1. The van der Waals surface area contributed by atoms with Crippen molar-refractivity contribution in [3.05, 3.63) is 70.9 Å². The molecule has 3 aromatic heterocycles. The summed E-state index contributed by atoms with van der Waals surface area (Å²) in [5.74, 6) is 2.08. The van der Waals surface area contributed by atoms with Crippen LogP contribution in [0.5, 0.6) is 0 Å². The number of fused-ring (bicyclic) bond motifs is 1. The predicted molar refractivity (Wildman–Crippen MR) is 120 cm³/mol. The molecule has 4 aromatic rings. The van der Waals surface area contributed by atoms with Gasteiger partial charge in [-0.1, -0.05) is 24.3 Å². The van der Waals surface area contributed by atoms with E-state index >= 15 is 0 Å². The summed E-state index contributed by atoms with van der Waals surface area (Å²) in [6, 6.07) is 13.8. The molecule has 1 aliphatic rings. The Kier molecular flexibility index (Phi) is 5.31. The molecule has 1 amide bonds. The molecule has 0 saturated heterocycles. The standard InChI is InChI=1S/C23H21N5O2S/c1-15-6-7-19(30-15)22-25-18(23-24-9-11-31-23)12-20(27-22)26-21(29)14-28-10-8-16-4-2-3-5-17(16)13-28/h2-7,9,11-12H,8,10,13-14H2,1H3,(H,25,26,27,29). The van der Waals surface area contributed by atoms with Crippen molar-refractivity contribution in [3.63, 3.8) is 0 Å². The summed E-state index contributed by atoms with van der Waals surface area (Å²) in [6.07, 6.45) is 2.68. The molecule has 0 saturated carbocycles. The molecule has 156 valence electrons. The van der Waals surface area contributed by atoms with Gasteiger partial charge in [0.05, 0.1) is 6.54 Å². The van der Waals surface area contributed by atoms with Gasteiger partial charge in [0.25, 0.3) is 0 Å². The van der Waals surface area contributed by atoms with Gasteiger partial charge in [-0.3, -0.25) is 9.69 Å². The number of nitrogens with one attached hydrogen (secondary N) is 1. The Bertz CT molecular complexity index is 1220. The van der Waals surface area contributed by atoms with Crippen LogP contribution >= 0.6 is 11.3 Å². The Balaban J connectivity index is 1.36. The first-order valence-corrected chi connectivity index (χ1v) is 11.0. The molecule has 1 aliphatic heterocycles. The lowest BCUT2D eigenvalue weighted by Crippen LogP contribution is -2.37. The number of rotatable bonds is 5. The van der Waals surface area contributed by atoms with Gasteiger partial charge in [0, 0.05) is 30.7 Å². The highest BCUT2D eigenvalue weighted by atomic mass is 32.1. The molecule has 0 atom stereocenters. The van der Waals surface area contributed by atoms with E-state index in [0.717, 1.165) is 30.3 Å². The Hall–Kier alpha value is -3.36. The summed E-state index contributed by atoms with van der Waals surface area (Å²) in [5.41, 5.74) is 3.29. The van der Waals surface area contributed by atoms with Gasteiger partial charge >= 0.3 is 0 Å². The van der Waals surface area contributed by atoms with Crippen molar-refractivity contribution in [3.8, 4) is 22.3 Å². The largest absolute Gasteiger partial charge is 0.458 e. The fraction of sp³-hybridized carbons (Fsp3) is 0.217. The molecule has 31 heavy (non-hydrogen) atoms. The molecule has 0 bridgehead atoms. The number of benzene rings is 1. The van der Waals surface area contributed by atoms with E-state index in [2.05, 4.69) is 43.4 Å². The second kappa shape index (κ2) is 8.41. The van der Waals surface area contributed by atoms with Crippen LogP contribution in [0.25, 0.3) is 22.3 Å². The van der Waals surface area contributed by atoms with Gasteiger partial charge in [-0.05, 0) is 36.6 Å². The van der Waals surface area contributed by atoms with Crippen LogP contribution in [-0.2, 0) is 17.8 Å². The van der Waals surface area contributed by atoms with Gasteiger partial charge in [0.2, 0.25) is 5.91 Å². The van der Waals surface area contributed by atoms with E-state index in [1.165, 1.54) is 22.5 Å². The number of carbonyl (C=O) groups excluding carboxylic acids is 1. The van der Waals surface area contributed by atoms with E-state index in [9.17, 15) is 4.79 Å². The van der Waals surface area contributed by atoms with Gasteiger partial charge in [-0.25, -0.2) is 15.0 Å². The van der Waals surface area contributed by atoms with E-state index in [0.29, 0.717) is 29.6 Å². The smallest absolute Gasteiger partial charge is 0.239 e. The van der Waals surface area contributed by atoms with E-state index in [4.69, 9.17) is 4.42 Å². The lowest BCUT2D eigenvalue weighted by atomic mass is 10.00. The average Bonchev–Trinajstić information content (AvgIpc) is 3.45. The number of furan rings is 1. The number of hydrogen-bond donors (Lipinski definition) is 1. The SMILES string of the molecule is Cc1ccc(-c2nc(NC(=O)CN3CCc4ccccc4C3)cc(-c3nccs3)n2)o1. The minimum atomic E-state index is -0.107. The fourth-order valence-electron chi connectivity index (χ4n) is 3.71. The zero-order valence-electron chi connectivity index (χ0n) is 17.0. The second-order valence-corrected chi connectivity index (χ2v) is 8.38. The van der Waals surface area contributed by atoms with Crippen molar-refractivity contribution in [1.82, 2.24) is 19.9 Å². The third-order valence-corrected chi connectivity index (χ3v) is 5.98. The number of aromatic nitrogens is 3. The summed E-state index contributed by atoms with van der Waals surface area (Å²) in [4.78, 5) is 28.4. The quantitative estimate of drug-likeness (QED) is 0.511. The van der Waals surface area contributed by atoms with Crippen LogP contribution in [-0.4, -0.2) is 38.8 Å². The van der Waals surface area contributed by atoms with Crippen LogP contribution in [0, 0.1) is 6.92 Å². The summed E-state index contributed by atoms with van der Waals surface area (Å²) in [7, 11) is 0. The van der Waals surface area contributed by atoms with E-state index in [1.807, 2.05) is 30.5 Å². The highest BCUT2D eigenvalue weighted by molar-refractivity contribution is 7.13. The highest BCUT2D eigenvalue weighted by Gasteiger charge is 2.19. The zero-order chi connectivity index (χ0) is 21.2. The molecule has 1 aromatic carbocycles. The summed E-state index contributed by atoms with van der Waals surface area (Å²) >= 11 is 1.48. The van der Waals surface area contributed by atoms with Crippen LogP contribution in [0.15, 0.2) is 58.5 Å². The molecule has 4 heterocycles. The Morgan fingerprint density at radius 1 is 1.19 bits per heavy atom.